The molecule has 0 N–H and O–H groups in total. The van der Waals surface area contributed by atoms with Crippen LogP contribution in [0.5, 0.6) is 0 Å². The van der Waals surface area contributed by atoms with Crippen LogP contribution in [-0.4, -0.2) is 11.6 Å². The van der Waals surface area contributed by atoms with Gasteiger partial charge < -0.3 is 4.74 Å². The van der Waals surface area contributed by atoms with E-state index in [-0.39, 0.29) is 11.6 Å². The van der Waals surface area contributed by atoms with Gasteiger partial charge in [0, 0.05) is 0 Å². The summed E-state index contributed by atoms with van der Waals surface area (Å²) >= 11 is 0. The van der Waals surface area contributed by atoms with Gasteiger partial charge in [-0.2, -0.15) is 0 Å². The van der Waals surface area contributed by atoms with Gasteiger partial charge in [0.05, 0.1) is 5.56 Å². The van der Waals surface area contributed by atoms with Gasteiger partial charge in [-0.05, 0) is 73.8 Å². The molecule has 0 heterocycles. The Kier molecular flexibility index (Phi) is 3.59. The third-order valence-electron chi connectivity index (χ3n) is 6.76. The molecule has 0 aromatic heterocycles. The fraction of sp³-hybridized carbons (Fsp3) is 0.571. The maximum Gasteiger partial charge on any atom is 0.339 e. The Morgan fingerprint density at radius 2 is 1.78 bits per heavy atom. The topological polar surface area (TPSA) is 26.3 Å². The molecule has 23 heavy (non-hydrogen) atoms. The zero-order valence-electron chi connectivity index (χ0n) is 14.0. The summed E-state index contributed by atoms with van der Waals surface area (Å²) in [5.74, 6) is 2.76. The lowest BCUT2D eigenvalue weighted by molar-refractivity contribution is -0.176. The van der Waals surface area contributed by atoms with Crippen molar-refractivity contribution in [2.45, 2.75) is 51.0 Å². The van der Waals surface area contributed by atoms with Crippen LogP contribution in [0, 0.1) is 23.7 Å². The summed E-state index contributed by atoms with van der Waals surface area (Å²) in [6, 6.07) is 7.63. The number of esters is 1. The van der Waals surface area contributed by atoms with Crippen molar-refractivity contribution in [1.29, 1.82) is 0 Å². The van der Waals surface area contributed by atoms with Crippen LogP contribution in [0.25, 0.3) is 6.08 Å². The second-order valence-corrected chi connectivity index (χ2v) is 7.79. The molecular formula is C21H26O2. The van der Waals surface area contributed by atoms with E-state index in [1.54, 1.807) is 6.08 Å². The van der Waals surface area contributed by atoms with Crippen molar-refractivity contribution >= 4 is 12.0 Å². The van der Waals surface area contributed by atoms with Crippen molar-refractivity contribution in [1.82, 2.24) is 0 Å². The Hall–Kier alpha value is -1.57. The zero-order chi connectivity index (χ0) is 16.0. The Morgan fingerprint density at radius 3 is 2.35 bits per heavy atom. The first-order chi connectivity index (χ1) is 11.2. The lowest BCUT2D eigenvalue weighted by atomic mass is 9.49. The first-order valence-corrected chi connectivity index (χ1v) is 9.11. The lowest BCUT2D eigenvalue weighted by Crippen LogP contribution is -2.59. The fourth-order valence-corrected chi connectivity index (χ4v) is 5.89. The maximum atomic E-state index is 12.9. The van der Waals surface area contributed by atoms with Crippen molar-refractivity contribution < 1.29 is 9.53 Å². The summed E-state index contributed by atoms with van der Waals surface area (Å²) < 4.78 is 6.31. The van der Waals surface area contributed by atoms with Crippen LogP contribution in [0.15, 0.2) is 30.8 Å². The molecule has 1 aromatic carbocycles. The molecule has 5 rings (SSSR count). The molecule has 0 aliphatic heterocycles. The highest BCUT2D eigenvalue weighted by atomic mass is 16.6. The Bertz CT molecular complexity index is 602. The number of carbonyl (C=O) groups excluding carboxylic acids is 1. The predicted molar refractivity (Wildman–Crippen MR) is 92.0 cm³/mol. The van der Waals surface area contributed by atoms with Gasteiger partial charge in [0.1, 0.15) is 5.60 Å². The predicted octanol–water partition coefficient (Wildman–Crippen LogP) is 5.09. The maximum absolute atomic E-state index is 12.9. The van der Waals surface area contributed by atoms with Gasteiger partial charge in [0.25, 0.3) is 0 Å². The van der Waals surface area contributed by atoms with Crippen LogP contribution < -0.4 is 0 Å². The number of carbonyl (C=O) groups is 1. The zero-order valence-corrected chi connectivity index (χ0v) is 14.0. The van der Waals surface area contributed by atoms with Crippen LogP contribution in [0.1, 0.15) is 61.4 Å². The van der Waals surface area contributed by atoms with E-state index in [1.807, 2.05) is 24.3 Å². The Balaban J connectivity index is 1.63. The summed E-state index contributed by atoms with van der Waals surface area (Å²) in [5.41, 5.74) is 1.30. The van der Waals surface area contributed by atoms with Gasteiger partial charge in [-0.3, -0.25) is 0 Å². The molecule has 0 radical (unpaired) electrons. The lowest BCUT2D eigenvalue weighted by Gasteiger charge is -2.60. The molecule has 0 unspecified atom stereocenters. The Morgan fingerprint density at radius 1 is 1.17 bits per heavy atom. The van der Waals surface area contributed by atoms with E-state index in [0.29, 0.717) is 17.4 Å². The van der Waals surface area contributed by atoms with Gasteiger partial charge in [-0.1, -0.05) is 37.8 Å². The first kappa shape index (κ1) is 15.0. The van der Waals surface area contributed by atoms with Gasteiger partial charge in [-0.15, -0.1) is 0 Å². The molecule has 0 spiro atoms. The summed E-state index contributed by atoms with van der Waals surface area (Å²) in [5, 5.41) is 0. The van der Waals surface area contributed by atoms with Crippen LogP contribution in [0.4, 0.5) is 0 Å². The van der Waals surface area contributed by atoms with E-state index in [9.17, 15) is 4.79 Å². The molecule has 2 heteroatoms. The minimum absolute atomic E-state index is 0.158. The van der Waals surface area contributed by atoms with Gasteiger partial charge in [0.15, 0.2) is 0 Å². The quantitative estimate of drug-likeness (QED) is 0.724. The van der Waals surface area contributed by atoms with E-state index in [0.717, 1.165) is 23.8 Å². The average molecular weight is 310 g/mol. The second-order valence-electron chi connectivity index (χ2n) is 7.79. The van der Waals surface area contributed by atoms with E-state index >= 15 is 0 Å². The number of hydrogen-bond acceptors (Lipinski definition) is 2. The van der Waals surface area contributed by atoms with E-state index in [1.165, 1.54) is 32.1 Å². The van der Waals surface area contributed by atoms with Gasteiger partial charge in [0.2, 0.25) is 0 Å². The van der Waals surface area contributed by atoms with E-state index < -0.39 is 0 Å². The minimum Gasteiger partial charge on any atom is -0.455 e. The number of ether oxygens (including phenoxy) is 1. The molecule has 1 aromatic rings. The van der Waals surface area contributed by atoms with Crippen LogP contribution >= 0.6 is 0 Å². The molecule has 0 amide bonds. The normalized spacial score (nSPS) is 37.6. The molecule has 2 nitrogen and oxygen atoms in total. The minimum atomic E-state index is -0.223. The van der Waals surface area contributed by atoms with Crippen molar-refractivity contribution in [2.75, 3.05) is 0 Å². The molecule has 0 atom stereocenters. The number of hydrogen-bond donors (Lipinski definition) is 0. The SMILES string of the molecule is C=Cc1ccccc1C(=O)OC1(CC)C2CC3CC(C2)CC1C3. The Labute approximate surface area is 138 Å². The van der Waals surface area contributed by atoms with Crippen molar-refractivity contribution in [2.24, 2.45) is 23.7 Å². The standard InChI is InChI=1S/C21H26O2/c1-3-16-7-5-6-8-19(16)20(22)23-21(4-2)17-10-14-9-15(12-17)13-18(21)11-14/h3,5-8,14-15,17-18H,1,4,9-13H2,2H3. The van der Waals surface area contributed by atoms with Crippen molar-refractivity contribution in [3.8, 4) is 0 Å². The molecule has 4 fully saturated rings. The smallest absolute Gasteiger partial charge is 0.339 e. The molecule has 4 aliphatic rings. The number of rotatable bonds is 4. The summed E-state index contributed by atoms with van der Waals surface area (Å²) in [6.45, 7) is 6.03. The third-order valence-corrected chi connectivity index (χ3v) is 6.76. The number of benzene rings is 1. The third kappa shape index (κ3) is 2.26. The largest absolute Gasteiger partial charge is 0.455 e. The van der Waals surface area contributed by atoms with Crippen LogP contribution in [-0.2, 0) is 4.74 Å². The molecule has 4 bridgehead atoms. The van der Waals surface area contributed by atoms with Crippen LogP contribution in [0.3, 0.4) is 0 Å². The molecular weight excluding hydrogens is 284 g/mol. The average Bonchev–Trinajstić information content (AvgIpc) is 2.57. The molecule has 122 valence electrons. The summed E-state index contributed by atoms with van der Waals surface area (Å²) in [6.07, 6.45) is 9.15. The van der Waals surface area contributed by atoms with Crippen molar-refractivity contribution in [3.63, 3.8) is 0 Å². The van der Waals surface area contributed by atoms with Gasteiger partial charge >= 0.3 is 5.97 Å². The van der Waals surface area contributed by atoms with Gasteiger partial charge in [-0.25, -0.2) is 4.79 Å². The first-order valence-electron chi connectivity index (χ1n) is 9.11. The van der Waals surface area contributed by atoms with Crippen LogP contribution in [0.2, 0.25) is 0 Å². The monoisotopic (exact) mass is 310 g/mol. The molecule has 4 saturated carbocycles. The second kappa shape index (κ2) is 5.51. The molecule has 4 aliphatic carbocycles. The fourth-order valence-electron chi connectivity index (χ4n) is 5.89. The van der Waals surface area contributed by atoms with Crippen molar-refractivity contribution in [3.05, 3.63) is 42.0 Å². The summed E-state index contributed by atoms with van der Waals surface area (Å²) in [7, 11) is 0. The van der Waals surface area contributed by atoms with E-state index in [4.69, 9.17) is 4.74 Å². The summed E-state index contributed by atoms with van der Waals surface area (Å²) in [4.78, 5) is 12.9. The molecule has 0 saturated heterocycles. The highest BCUT2D eigenvalue weighted by Crippen LogP contribution is 2.60. The highest BCUT2D eigenvalue weighted by Gasteiger charge is 2.58. The highest BCUT2D eigenvalue weighted by molar-refractivity contribution is 5.93. The van der Waals surface area contributed by atoms with E-state index in [2.05, 4.69) is 13.5 Å².